The Hall–Kier alpha value is -2.99. The van der Waals surface area contributed by atoms with Crippen molar-refractivity contribution >= 4 is 22.9 Å². The molecule has 1 amide bonds. The smallest absolute Gasteiger partial charge is 0.257 e. The van der Waals surface area contributed by atoms with E-state index in [2.05, 4.69) is 15.4 Å². The first-order chi connectivity index (χ1) is 11.8. The van der Waals surface area contributed by atoms with Gasteiger partial charge in [-0.15, -0.1) is 11.3 Å². The molecule has 0 fully saturated rings. The van der Waals surface area contributed by atoms with Crippen LogP contribution in [0.25, 0.3) is 5.65 Å². The lowest BCUT2D eigenvalue weighted by atomic mass is 10.1. The fourth-order valence-electron chi connectivity index (χ4n) is 2.62. The number of aromatic nitrogens is 3. The van der Waals surface area contributed by atoms with Crippen LogP contribution in [0.15, 0.2) is 72.5 Å². The summed E-state index contributed by atoms with van der Waals surface area (Å²) in [4.78, 5) is 18.1. The molecule has 118 valence electrons. The first-order valence-electron chi connectivity index (χ1n) is 7.50. The first kappa shape index (κ1) is 14.6. The Bertz CT molecular complexity index is 963. The minimum Gasteiger partial charge on any atom is -0.340 e. The van der Waals surface area contributed by atoms with Crippen LogP contribution in [-0.4, -0.2) is 20.5 Å². The molecule has 5 nitrogen and oxygen atoms in total. The second kappa shape index (κ2) is 6.25. The summed E-state index contributed by atoms with van der Waals surface area (Å²) in [5.41, 5.74) is 2.05. The summed E-state index contributed by atoms with van der Waals surface area (Å²) in [6, 6.07) is 15.5. The number of nitrogens with zero attached hydrogens (tertiary/aromatic N) is 3. The van der Waals surface area contributed by atoms with Gasteiger partial charge in [0.1, 0.15) is 5.56 Å². The van der Waals surface area contributed by atoms with Crippen molar-refractivity contribution in [2.75, 3.05) is 0 Å². The van der Waals surface area contributed by atoms with Gasteiger partial charge in [0.2, 0.25) is 0 Å². The molecular weight excluding hydrogens is 320 g/mol. The Morgan fingerprint density at radius 2 is 2.00 bits per heavy atom. The zero-order valence-corrected chi connectivity index (χ0v) is 13.5. The lowest BCUT2D eigenvalue weighted by Crippen LogP contribution is -2.28. The van der Waals surface area contributed by atoms with Crippen molar-refractivity contribution in [3.05, 3.63) is 88.5 Å². The Kier molecular flexibility index (Phi) is 3.80. The minimum absolute atomic E-state index is 0.189. The van der Waals surface area contributed by atoms with Gasteiger partial charge < -0.3 is 5.32 Å². The molecule has 24 heavy (non-hydrogen) atoms. The van der Waals surface area contributed by atoms with Crippen molar-refractivity contribution in [1.82, 2.24) is 19.9 Å². The molecule has 4 rings (SSSR count). The van der Waals surface area contributed by atoms with Gasteiger partial charge >= 0.3 is 0 Å². The molecule has 1 unspecified atom stereocenters. The standard InChI is InChI=1S/C18H14N4OS/c23-18(14-12-20-22-10-5-9-19-17(14)22)21-16(15-8-4-11-24-15)13-6-2-1-3-7-13/h1-12,16H,(H,21,23). The third-order valence-electron chi connectivity index (χ3n) is 3.76. The summed E-state index contributed by atoms with van der Waals surface area (Å²) >= 11 is 1.62. The van der Waals surface area contributed by atoms with E-state index < -0.39 is 0 Å². The van der Waals surface area contributed by atoms with Gasteiger partial charge in [-0.25, -0.2) is 9.50 Å². The maximum Gasteiger partial charge on any atom is 0.257 e. The molecular formula is C18H14N4OS. The zero-order chi connectivity index (χ0) is 16.4. The highest BCUT2D eigenvalue weighted by atomic mass is 32.1. The van der Waals surface area contributed by atoms with Crippen molar-refractivity contribution in [2.45, 2.75) is 6.04 Å². The molecule has 1 N–H and O–H groups in total. The average Bonchev–Trinajstić information content (AvgIpc) is 3.30. The lowest BCUT2D eigenvalue weighted by Gasteiger charge is -2.17. The van der Waals surface area contributed by atoms with Gasteiger partial charge in [-0.3, -0.25) is 4.79 Å². The van der Waals surface area contributed by atoms with E-state index >= 15 is 0 Å². The highest BCUT2D eigenvalue weighted by Gasteiger charge is 2.21. The zero-order valence-electron chi connectivity index (χ0n) is 12.7. The molecule has 0 spiro atoms. The average molecular weight is 334 g/mol. The molecule has 0 aliphatic rings. The molecule has 4 aromatic rings. The lowest BCUT2D eigenvalue weighted by molar-refractivity contribution is 0.0945. The van der Waals surface area contributed by atoms with Gasteiger partial charge in [0, 0.05) is 17.3 Å². The maximum absolute atomic E-state index is 12.8. The van der Waals surface area contributed by atoms with E-state index in [0.717, 1.165) is 10.4 Å². The van der Waals surface area contributed by atoms with Gasteiger partial charge in [0.25, 0.3) is 5.91 Å². The number of amides is 1. The predicted octanol–water partition coefficient (Wildman–Crippen LogP) is 3.31. The first-order valence-corrected chi connectivity index (χ1v) is 8.38. The second-order valence-electron chi connectivity index (χ2n) is 5.28. The fraction of sp³-hybridized carbons (Fsp3) is 0.0556. The third kappa shape index (κ3) is 2.68. The molecule has 3 heterocycles. The van der Waals surface area contributed by atoms with Crippen LogP contribution in [0.2, 0.25) is 0 Å². The molecule has 0 bridgehead atoms. The van der Waals surface area contributed by atoms with Gasteiger partial charge in [0.15, 0.2) is 5.65 Å². The summed E-state index contributed by atoms with van der Waals surface area (Å²) in [6.45, 7) is 0. The topological polar surface area (TPSA) is 59.3 Å². The van der Waals surface area contributed by atoms with E-state index in [1.165, 1.54) is 0 Å². The number of rotatable bonds is 4. The minimum atomic E-state index is -0.197. The molecule has 1 atom stereocenters. The number of hydrogen-bond acceptors (Lipinski definition) is 4. The Labute approximate surface area is 142 Å². The fourth-order valence-corrected chi connectivity index (χ4v) is 3.42. The number of carbonyl (C=O) groups excluding carboxylic acids is 1. The van der Waals surface area contributed by atoms with E-state index in [1.807, 2.05) is 47.8 Å². The monoisotopic (exact) mass is 334 g/mol. The molecule has 0 radical (unpaired) electrons. The quantitative estimate of drug-likeness (QED) is 0.623. The summed E-state index contributed by atoms with van der Waals surface area (Å²) in [5, 5.41) is 9.30. The van der Waals surface area contributed by atoms with Gasteiger partial charge in [0.05, 0.1) is 12.2 Å². The number of hydrogen-bond donors (Lipinski definition) is 1. The van der Waals surface area contributed by atoms with Crippen LogP contribution in [0.3, 0.4) is 0 Å². The van der Waals surface area contributed by atoms with Crippen LogP contribution < -0.4 is 5.32 Å². The second-order valence-corrected chi connectivity index (χ2v) is 6.26. The summed E-state index contributed by atoms with van der Waals surface area (Å²) < 4.78 is 1.59. The van der Waals surface area contributed by atoms with Crippen LogP contribution in [0, 0.1) is 0 Å². The van der Waals surface area contributed by atoms with Crippen LogP contribution in [-0.2, 0) is 0 Å². The SMILES string of the molecule is O=C(NC(c1ccccc1)c1cccs1)c1cnn2cccnc12. The highest BCUT2D eigenvalue weighted by Crippen LogP contribution is 2.26. The Morgan fingerprint density at radius 3 is 2.79 bits per heavy atom. The van der Waals surface area contributed by atoms with Gasteiger partial charge in [-0.05, 0) is 23.1 Å². The number of benzene rings is 1. The summed E-state index contributed by atoms with van der Waals surface area (Å²) in [6.07, 6.45) is 4.98. The maximum atomic E-state index is 12.8. The largest absolute Gasteiger partial charge is 0.340 e. The molecule has 0 aliphatic carbocycles. The number of nitrogens with one attached hydrogen (secondary N) is 1. The highest BCUT2D eigenvalue weighted by molar-refractivity contribution is 7.10. The van der Waals surface area contributed by atoms with Crippen LogP contribution in [0.4, 0.5) is 0 Å². The van der Waals surface area contributed by atoms with Crippen LogP contribution in [0.1, 0.15) is 26.8 Å². The van der Waals surface area contributed by atoms with Crippen molar-refractivity contribution in [3.8, 4) is 0 Å². The van der Waals surface area contributed by atoms with Crippen molar-refractivity contribution in [1.29, 1.82) is 0 Å². The predicted molar refractivity (Wildman–Crippen MR) is 93.1 cm³/mol. The van der Waals surface area contributed by atoms with Crippen LogP contribution >= 0.6 is 11.3 Å². The van der Waals surface area contributed by atoms with Crippen LogP contribution in [0.5, 0.6) is 0 Å². The number of carbonyl (C=O) groups is 1. The van der Waals surface area contributed by atoms with Crippen molar-refractivity contribution < 1.29 is 4.79 Å². The number of fused-ring (bicyclic) bond motifs is 1. The molecule has 3 aromatic heterocycles. The molecule has 6 heteroatoms. The van der Waals surface area contributed by atoms with E-state index in [0.29, 0.717) is 11.2 Å². The molecule has 1 aromatic carbocycles. The molecule has 0 aliphatic heterocycles. The summed E-state index contributed by atoms with van der Waals surface area (Å²) in [5.74, 6) is -0.189. The van der Waals surface area contributed by atoms with E-state index in [-0.39, 0.29) is 11.9 Å². The molecule has 0 saturated heterocycles. The van der Waals surface area contributed by atoms with E-state index in [9.17, 15) is 4.79 Å². The van der Waals surface area contributed by atoms with Crippen molar-refractivity contribution in [2.24, 2.45) is 0 Å². The Balaban J connectivity index is 1.69. The van der Waals surface area contributed by atoms with Crippen molar-refractivity contribution in [3.63, 3.8) is 0 Å². The van der Waals surface area contributed by atoms with Gasteiger partial charge in [-0.1, -0.05) is 36.4 Å². The van der Waals surface area contributed by atoms with Gasteiger partial charge in [-0.2, -0.15) is 5.10 Å². The third-order valence-corrected chi connectivity index (χ3v) is 4.70. The Morgan fingerprint density at radius 1 is 1.12 bits per heavy atom. The number of thiophene rings is 1. The van der Waals surface area contributed by atoms with E-state index in [4.69, 9.17) is 0 Å². The van der Waals surface area contributed by atoms with E-state index in [1.54, 1.807) is 40.5 Å². The summed E-state index contributed by atoms with van der Waals surface area (Å²) in [7, 11) is 0. The molecule has 0 saturated carbocycles. The normalized spacial score (nSPS) is 12.2.